The van der Waals surface area contributed by atoms with Gasteiger partial charge in [-0.2, -0.15) is 5.10 Å². The molecular weight excluding hydrogens is 176 g/mol. The van der Waals surface area contributed by atoms with Crippen molar-refractivity contribution in [3.63, 3.8) is 0 Å². The average Bonchev–Trinajstić information content (AvgIpc) is 2.83. The van der Waals surface area contributed by atoms with Crippen LogP contribution in [0.4, 0.5) is 0 Å². The molecule has 0 atom stereocenters. The number of nitrogens with one attached hydrogen (secondary N) is 1. The standard InChI is InChI=1S/C11H16N2O/c1-11(2,3)10-8(7-4-5-7)6-9(14)12-13-10/h6-7H,4-5H2,1-3H3,(H,12,14). The molecule has 0 radical (unpaired) electrons. The van der Waals surface area contributed by atoms with Gasteiger partial charge in [0.2, 0.25) is 0 Å². The topological polar surface area (TPSA) is 45.8 Å². The van der Waals surface area contributed by atoms with Crippen LogP contribution in [0.3, 0.4) is 0 Å². The van der Waals surface area contributed by atoms with Gasteiger partial charge < -0.3 is 0 Å². The number of H-pyrrole nitrogens is 1. The van der Waals surface area contributed by atoms with Gasteiger partial charge in [0, 0.05) is 11.5 Å². The van der Waals surface area contributed by atoms with E-state index in [0.29, 0.717) is 5.92 Å². The van der Waals surface area contributed by atoms with Crippen LogP contribution in [0.15, 0.2) is 10.9 Å². The lowest BCUT2D eigenvalue weighted by atomic mass is 9.87. The molecule has 0 aromatic carbocycles. The van der Waals surface area contributed by atoms with E-state index < -0.39 is 0 Å². The van der Waals surface area contributed by atoms with Gasteiger partial charge in [-0.1, -0.05) is 20.8 Å². The van der Waals surface area contributed by atoms with Crippen molar-refractivity contribution in [2.45, 2.75) is 44.9 Å². The molecule has 0 saturated heterocycles. The second-order valence-corrected chi connectivity index (χ2v) is 5.06. The van der Waals surface area contributed by atoms with Gasteiger partial charge in [-0.25, -0.2) is 5.10 Å². The summed E-state index contributed by atoms with van der Waals surface area (Å²) in [6.45, 7) is 6.37. The predicted octanol–water partition coefficient (Wildman–Crippen LogP) is 1.94. The summed E-state index contributed by atoms with van der Waals surface area (Å²) in [6, 6.07) is 1.71. The molecule has 3 heteroatoms. The maximum Gasteiger partial charge on any atom is 0.264 e. The Kier molecular flexibility index (Phi) is 1.98. The molecule has 1 aromatic heterocycles. The van der Waals surface area contributed by atoms with Crippen molar-refractivity contribution < 1.29 is 0 Å². The molecule has 1 aliphatic rings. The Labute approximate surface area is 83.5 Å². The number of aromatic amines is 1. The number of nitrogens with zero attached hydrogens (tertiary/aromatic N) is 1. The quantitative estimate of drug-likeness (QED) is 0.739. The van der Waals surface area contributed by atoms with Gasteiger partial charge >= 0.3 is 0 Å². The van der Waals surface area contributed by atoms with Gasteiger partial charge in [0.05, 0.1) is 5.69 Å². The van der Waals surface area contributed by atoms with Gasteiger partial charge in [0.1, 0.15) is 0 Å². The molecule has 76 valence electrons. The Hall–Kier alpha value is -1.12. The molecule has 1 N–H and O–H groups in total. The first-order valence-electron chi connectivity index (χ1n) is 5.08. The molecule has 1 heterocycles. The Morgan fingerprint density at radius 1 is 1.43 bits per heavy atom. The summed E-state index contributed by atoms with van der Waals surface area (Å²) in [7, 11) is 0. The zero-order chi connectivity index (χ0) is 10.3. The molecule has 2 rings (SSSR count). The molecule has 1 aliphatic carbocycles. The van der Waals surface area contributed by atoms with E-state index >= 15 is 0 Å². The smallest absolute Gasteiger partial charge is 0.264 e. The lowest BCUT2D eigenvalue weighted by Crippen LogP contribution is -2.21. The number of aromatic nitrogens is 2. The second kappa shape index (κ2) is 2.94. The van der Waals surface area contributed by atoms with Crippen molar-refractivity contribution in [3.8, 4) is 0 Å². The van der Waals surface area contributed by atoms with Gasteiger partial charge in [-0.05, 0) is 24.3 Å². The molecular formula is C11H16N2O. The van der Waals surface area contributed by atoms with E-state index in [1.165, 1.54) is 12.8 Å². The van der Waals surface area contributed by atoms with Crippen molar-refractivity contribution in [3.05, 3.63) is 27.7 Å². The Balaban J connectivity index is 2.53. The third-order valence-electron chi connectivity index (χ3n) is 2.57. The number of hydrogen-bond donors (Lipinski definition) is 1. The van der Waals surface area contributed by atoms with Crippen LogP contribution in [0.25, 0.3) is 0 Å². The predicted molar refractivity (Wildman–Crippen MR) is 55.5 cm³/mol. The Morgan fingerprint density at radius 3 is 2.57 bits per heavy atom. The highest BCUT2D eigenvalue weighted by molar-refractivity contribution is 5.30. The molecule has 0 aliphatic heterocycles. The lowest BCUT2D eigenvalue weighted by molar-refractivity contribution is 0.548. The van der Waals surface area contributed by atoms with E-state index in [-0.39, 0.29) is 11.0 Å². The highest BCUT2D eigenvalue weighted by atomic mass is 16.1. The van der Waals surface area contributed by atoms with Crippen molar-refractivity contribution >= 4 is 0 Å². The summed E-state index contributed by atoms with van der Waals surface area (Å²) in [5.74, 6) is 0.582. The van der Waals surface area contributed by atoms with Crippen LogP contribution in [0, 0.1) is 0 Å². The van der Waals surface area contributed by atoms with Crippen LogP contribution in [0.2, 0.25) is 0 Å². The highest BCUT2D eigenvalue weighted by Crippen LogP contribution is 2.42. The van der Waals surface area contributed by atoms with Gasteiger partial charge in [-0.15, -0.1) is 0 Å². The van der Waals surface area contributed by atoms with Crippen molar-refractivity contribution in [1.82, 2.24) is 10.2 Å². The molecule has 0 unspecified atom stereocenters. The first kappa shape index (κ1) is 9.44. The van der Waals surface area contributed by atoms with Crippen LogP contribution in [-0.2, 0) is 5.41 Å². The fourth-order valence-corrected chi connectivity index (χ4v) is 1.72. The molecule has 0 bridgehead atoms. The molecule has 1 saturated carbocycles. The summed E-state index contributed by atoms with van der Waals surface area (Å²) < 4.78 is 0. The van der Waals surface area contributed by atoms with Gasteiger partial charge in [-0.3, -0.25) is 4.79 Å². The van der Waals surface area contributed by atoms with Crippen LogP contribution in [-0.4, -0.2) is 10.2 Å². The number of hydrogen-bond acceptors (Lipinski definition) is 2. The normalized spacial score (nSPS) is 17.1. The summed E-state index contributed by atoms with van der Waals surface area (Å²) in [5, 5.41) is 6.70. The maximum atomic E-state index is 11.2. The zero-order valence-corrected chi connectivity index (χ0v) is 8.92. The Morgan fingerprint density at radius 2 is 2.07 bits per heavy atom. The third kappa shape index (κ3) is 1.72. The molecule has 1 fully saturated rings. The maximum absolute atomic E-state index is 11.2. The van der Waals surface area contributed by atoms with Gasteiger partial charge in [0.15, 0.2) is 0 Å². The van der Waals surface area contributed by atoms with Crippen molar-refractivity contribution in [2.75, 3.05) is 0 Å². The molecule has 1 aromatic rings. The summed E-state index contributed by atoms with van der Waals surface area (Å²) in [5.41, 5.74) is 2.13. The highest BCUT2D eigenvalue weighted by Gasteiger charge is 2.31. The lowest BCUT2D eigenvalue weighted by Gasteiger charge is -2.20. The first-order valence-corrected chi connectivity index (χ1v) is 5.08. The molecule has 0 amide bonds. The SMILES string of the molecule is CC(C)(C)c1n[nH]c(=O)cc1C1CC1. The van der Waals surface area contributed by atoms with Crippen LogP contribution in [0.5, 0.6) is 0 Å². The summed E-state index contributed by atoms with van der Waals surface area (Å²) >= 11 is 0. The van der Waals surface area contributed by atoms with E-state index in [1.54, 1.807) is 6.07 Å². The fourth-order valence-electron chi connectivity index (χ4n) is 1.72. The molecule has 14 heavy (non-hydrogen) atoms. The van der Waals surface area contributed by atoms with E-state index in [2.05, 4.69) is 31.0 Å². The van der Waals surface area contributed by atoms with Gasteiger partial charge in [0.25, 0.3) is 5.56 Å². The number of rotatable bonds is 1. The third-order valence-corrected chi connectivity index (χ3v) is 2.57. The minimum absolute atomic E-state index is 0.0160. The van der Waals surface area contributed by atoms with E-state index in [9.17, 15) is 4.79 Å². The minimum Gasteiger partial charge on any atom is -0.268 e. The van der Waals surface area contributed by atoms with E-state index in [4.69, 9.17) is 0 Å². The summed E-state index contributed by atoms with van der Waals surface area (Å²) in [4.78, 5) is 11.2. The van der Waals surface area contributed by atoms with E-state index in [0.717, 1.165) is 11.3 Å². The minimum atomic E-state index is -0.0834. The first-order chi connectivity index (χ1) is 6.48. The average molecular weight is 192 g/mol. The van der Waals surface area contributed by atoms with Crippen molar-refractivity contribution in [1.29, 1.82) is 0 Å². The monoisotopic (exact) mass is 192 g/mol. The molecule has 0 spiro atoms. The summed E-state index contributed by atoms with van der Waals surface area (Å²) in [6.07, 6.45) is 2.41. The largest absolute Gasteiger partial charge is 0.268 e. The van der Waals surface area contributed by atoms with Crippen molar-refractivity contribution in [2.24, 2.45) is 0 Å². The van der Waals surface area contributed by atoms with E-state index in [1.807, 2.05) is 0 Å². The second-order valence-electron chi connectivity index (χ2n) is 5.06. The fraction of sp³-hybridized carbons (Fsp3) is 0.636. The van der Waals surface area contributed by atoms with Crippen LogP contribution in [0.1, 0.15) is 50.8 Å². The molecule has 3 nitrogen and oxygen atoms in total. The van der Waals surface area contributed by atoms with Crippen LogP contribution >= 0.6 is 0 Å². The van der Waals surface area contributed by atoms with Crippen LogP contribution < -0.4 is 5.56 Å². The Bertz CT molecular complexity index is 396. The zero-order valence-electron chi connectivity index (χ0n) is 8.92.